The molecule has 2 fully saturated rings. The van der Waals surface area contributed by atoms with Gasteiger partial charge >= 0.3 is 0 Å². The van der Waals surface area contributed by atoms with E-state index in [9.17, 15) is 24.3 Å². The van der Waals surface area contributed by atoms with Crippen molar-refractivity contribution in [2.45, 2.75) is 69.6 Å². The van der Waals surface area contributed by atoms with E-state index in [1.165, 1.54) is 0 Å². The topological polar surface area (TPSA) is 111 Å². The van der Waals surface area contributed by atoms with Gasteiger partial charge in [-0.1, -0.05) is 61.0 Å². The Balaban J connectivity index is 1.31. The molecule has 3 amide bonds. The third-order valence-corrected chi connectivity index (χ3v) is 12.7. The minimum Gasteiger partial charge on any atom is -0.432 e. The van der Waals surface area contributed by atoms with Crippen molar-refractivity contribution in [1.82, 2.24) is 4.90 Å². The highest BCUT2D eigenvalue weighted by atomic mass is 35.5. The smallest absolute Gasteiger partial charge is 0.264 e. The number of ether oxygens (including phenoxy) is 1. The first-order chi connectivity index (χ1) is 22.4. The maximum Gasteiger partial charge on any atom is 0.264 e. The second-order valence-electron chi connectivity index (χ2n) is 13.5. The zero-order chi connectivity index (χ0) is 33.5. The van der Waals surface area contributed by atoms with E-state index in [0.717, 1.165) is 23.2 Å². The Morgan fingerprint density at radius 2 is 1.79 bits per heavy atom. The van der Waals surface area contributed by atoms with E-state index in [1.807, 2.05) is 80.7 Å². The Bertz CT molecular complexity index is 1650. The number of hydrogen-bond acceptors (Lipinski definition) is 6. The molecule has 3 aliphatic heterocycles. The summed E-state index contributed by atoms with van der Waals surface area (Å²) in [4.78, 5) is 57.5. The molecule has 2 N–H and O–H groups in total. The highest BCUT2D eigenvalue weighted by Crippen LogP contribution is 2.60. The lowest BCUT2D eigenvalue weighted by molar-refractivity contribution is -0.150. The summed E-state index contributed by atoms with van der Waals surface area (Å²) < 4.78 is 6.84. The Morgan fingerprint density at radius 3 is 2.43 bits per heavy atom. The van der Waals surface area contributed by atoms with E-state index < -0.39 is 31.5 Å². The number of hydrogen-bond donors (Lipinski definition) is 2. The number of benzene rings is 3. The van der Waals surface area contributed by atoms with Crippen molar-refractivity contribution in [3.8, 4) is 0 Å². The van der Waals surface area contributed by atoms with Crippen molar-refractivity contribution >= 4 is 49.0 Å². The Labute approximate surface area is 281 Å². The van der Waals surface area contributed by atoms with Gasteiger partial charge in [-0.2, -0.15) is 0 Å². The predicted octanol–water partition coefficient (Wildman–Crippen LogP) is 5.22. The monoisotopic (exact) mass is 675 g/mol. The number of fused-ring (bicyclic) bond motifs is 2. The van der Waals surface area contributed by atoms with Crippen LogP contribution < -0.4 is 9.80 Å². The molecule has 0 unspecified atom stereocenters. The van der Waals surface area contributed by atoms with Crippen LogP contribution >= 0.6 is 11.6 Å². The van der Waals surface area contributed by atoms with Gasteiger partial charge in [-0.25, -0.2) is 0 Å². The van der Waals surface area contributed by atoms with Crippen LogP contribution in [-0.4, -0.2) is 66.6 Å². The zero-order valence-electron chi connectivity index (χ0n) is 27.1. The Hall–Kier alpha value is -3.54. The number of anilines is 2. The van der Waals surface area contributed by atoms with Crippen LogP contribution in [0.25, 0.3) is 0 Å². The molecule has 248 valence electrons. The van der Waals surface area contributed by atoms with Crippen LogP contribution in [0.2, 0.25) is 23.7 Å². The van der Waals surface area contributed by atoms with Crippen LogP contribution in [-0.2, 0) is 37.8 Å². The lowest BCUT2D eigenvalue weighted by Crippen LogP contribution is -2.46. The molecular formula is C36H42ClN3O6Si. The Morgan fingerprint density at radius 1 is 1.06 bits per heavy atom. The second kappa shape index (κ2) is 13.2. The molecule has 0 aromatic heterocycles. The predicted molar refractivity (Wildman–Crippen MR) is 183 cm³/mol. The Kier molecular flexibility index (Phi) is 9.34. The van der Waals surface area contributed by atoms with Crippen LogP contribution in [0.1, 0.15) is 42.9 Å². The molecule has 3 aromatic rings. The fraction of sp³-hybridized carbons (Fsp3) is 0.417. The van der Waals surface area contributed by atoms with Gasteiger partial charge in [-0.15, -0.1) is 0 Å². The number of carbonyl (C=O) groups is 3. The molecule has 0 bridgehead atoms. The highest BCUT2D eigenvalue weighted by Gasteiger charge is 2.66. The van der Waals surface area contributed by atoms with Crippen LogP contribution in [0.5, 0.6) is 0 Å². The van der Waals surface area contributed by atoms with Crippen LogP contribution in [0, 0.1) is 5.92 Å². The molecule has 0 radical (unpaired) electrons. The van der Waals surface area contributed by atoms with Crippen molar-refractivity contribution in [2.24, 2.45) is 5.92 Å². The molecule has 9 nitrogen and oxygen atoms in total. The lowest BCUT2D eigenvalue weighted by atomic mass is 9.82. The standard InChI is InChI=1S/C36H42ClN3O6Si/c1-24-34(47(2,3)45)31(21-33(43)38(18-19-41)22-25-8-5-4-6-9-25)46-36(24)29-20-27(37)13-16-30(29)40(35(36)44)23-26-11-14-28(15-12-26)39-17-7-10-32(39)42/h4-6,8-9,11-16,20,24,31,34,41,45H,7,10,17-19,21-23H2,1-3H3/t24-,31+,34-,36+/m1/s1. The average Bonchev–Trinajstić information content (AvgIpc) is 3.66. The minimum atomic E-state index is -3.00. The molecule has 3 aromatic carbocycles. The molecule has 0 saturated carbocycles. The van der Waals surface area contributed by atoms with Gasteiger partial charge in [0.05, 0.1) is 31.4 Å². The van der Waals surface area contributed by atoms with E-state index >= 15 is 0 Å². The molecule has 11 heteroatoms. The van der Waals surface area contributed by atoms with Crippen LogP contribution in [0.3, 0.4) is 0 Å². The molecule has 1 spiro atoms. The summed E-state index contributed by atoms with van der Waals surface area (Å²) in [5.41, 5.74) is 2.10. The quantitative estimate of drug-likeness (QED) is 0.285. The first-order valence-electron chi connectivity index (χ1n) is 16.3. The molecule has 3 heterocycles. The molecule has 0 aliphatic carbocycles. The van der Waals surface area contributed by atoms with Crippen LogP contribution in [0.4, 0.5) is 11.4 Å². The minimum absolute atomic E-state index is 0.0412. The fourth-order valence-corrected chi connectivity index (χ4v) is 10.5. The summed E-state index contributed by atoms with van der Waals surface area (Å²) in [6.45, 7) is 6.85. The first kappa shape index (κ1) is 33.4. The van der Waals surface area contributed by atoms with Crippen molar-refractivity contribution < 1.29 is 29.0 Å². The van der Waals surface area contributed by atoms with E-state index in [1.54, 1.807) is 26.8 Å². The molecule has 2 saturated heterocycles. The zero-order valence-corrected chi connectivity index (χ0v) is 28.8. The summed E-state index contributed by atoms with van der Waals surface area (Å²) in [5, 5.41) is 10.2. The number of nitrogens with zero attached hydrogens (tertiary/aromatic N) is 3. The maximum atomic E-state index is 14.7. The average molecular weight is 676 g/mol. The summed E-state index contributed by atoms with van der Waals surface area (Å²) in [6.07, 6.45) is 0.627. The van der Waals surface area contributed by atoms with Gasteiger partial charge < -0.3 is 29.3 Å². The molecular weight excluding hydrogens is 634 g/mol. The number of aliphatic hydroxyl groups is 1. The van der Waals surface area contributed by atoms with E-state index in [4.69, 9.17) is 16.3 Å². The third kappa shape index (κ3) is 6.25. The van der Waals surface area contributed by atoms with Gasteiger partial charge in [-0.3, -0.25) is 14.4 Å². The highest BCUT2D eigenvalue weighted by molar-refractivity contribution is 6.71. The van der Waals surface area contributed by atoms with Crippen molar-refractivity contribution in [3.05, 3.63) is 94.5 Å². The largest absolute Gasteiger partial charge is 0.432 e. The SMILES string of the molecule is C[C@@H]1[C@@H]([Si](C)(C)O)[C@H](CC(=O)N(CCO)Cc2ccccc2)O[C@@]12C(=O)N(Cc1ccc(N3CCCC3=O)cc1)c1ccc(Cl)cc12. The number of carbonyl (C=O) groups excluding carboxylic acids is 3. The number of halogens is 1. The summed E-state index contributed by atoms with van der Waals surface area (Å²) in [5.74, 6) is -0.808. The van der Waals surface area contributed by atoms with E-state index in [2.05, 4.69) is 0 Å². The summed E-state index contributed by atoms with van der Waals surface area (Å²) in [6, 6.07) is 22.6. The fourth-order valence-electron chi connectivity index (χ4n) is 7.81. The number of rotatable bonds is 10. The van der Waals surface area contributed by atoms with Gasteiger partial charge in [-0.05, 0) is 61.0 Å². The van der Waals surface area contributed by atoms with Crippen molar-refractivity contribution in [2.75, 3.05) is 29.5 Å². The second-order valence-corrected chi connectivity index (χ2v) is 17.9. The van der Waals surface area contributed by atoms with Crippen LogP contribution in [0.15, 0.2) is 72.8 Å². The van der Waals surface area contributed by atoms with Gasteiger partial charge in [0.25, 0.3) is 5.91 Å². The van der Waals surface area contributed by atoms with Crippen molar-refractivity contribution in [1.29, 1.82) is 0 Å². The van der Waals surface area contributed by atoms with E-state index in [0.29, 0.717) is 35.8 Å². The van der Waals surface area contributed by atoms with Crippen molar-refractivity contribution in [3.63, 3.8) is 0 Å². The first-order valence-corrected chi connectivity index (χ1v) is 19.7. The molecule has 4 atom stereocenters. The maximum absolute atomic E-state index is 14.7. The molecule has 6 rings (SSSR count). The van der Waals surface area contributed by atoms with E-state index in [-0.39, 0.29) is 43.8 Å². The normalized spacial score (nSPS) is 24.0. The molecule has 3 aliphatic rings. The van der Waals surface area contributed by atoms with Gasteiger partial charge in [0.2, 0.25) is 11.8 Å². The molecule has 47 heavy (non-hydrogen) atoms. The third-order valence-electron chi connectivity index (χ3n) is 9.92. The summed E-state index contributed by atoms with van der Waals surface area (Å²) >= 11 is 6.54. The number of aliphatic hydroxyl groups excluding tert-OH is 1. The number of amides is 3. The summed E-state index contributed by atoms with van der Waals surface area (Å²) in [7, 11) is -3.00. The lowest BCUT2D eigenvalue weighted by Gasteiger charge is -2.32. The van der Waals surface area contributed by atoms with Gasteiger partial charge in [0.1, 0.15) is 0 Å². The van der Waals surface area contributed by atoms with Gasteiger partial charge in [0.15, 0.2) is 13.9 Å². The van der Waals surface area contributed by atoms with Gasteiger partial charge in [0, 0.05) is 53.8 Å².